The molecule has 118 valence electrons. The van der Waals surface area contributed by atoms with E-state index in [4.69, 9.17) is 10.5 Å². The van der Waals surface area contributed by atoms with Crippen molar-refractivity contribution >= 4 is 0 Å². The lowest BCUT2D eigenvalue weighted by atomic mass is 10.0. The van der Waals surface area contributed by atoms with Gasteiger partial charge in [-0.05, 0) is 38.1 Å². The average Bonchev–Trinajstić information content (AvgIpc) is 2.51. The maximum Gasteiger partial charge on any atom is 0.119 e. The molecule has 0 radical (unpaired) electrons. The fourth-order valence-corrected chi connectivity index (χ4v) is 3.14. The van der Waals surface area contributed by atoms with E-state index in [1.165, 1.54) is 12.0 Å². The Morgan fingerprint density at radius 2 is 1.95 bits per heavy atom. The van der Waals surface area contributed by atoms with Gasteiger partial charge in [-0.15, -0.1) is 0 Å². The van der Waals surface area contributed by atoms with Crippen LogP contribution in [0, 0.1) is 0 Å². The highest BCUT2D eigenvalue weighted by Crippen LogP contribution is 2.25. The second-order valence-electron chi connectivity index (χ2n) is 5.79. The van der Waals surface area contributed by atoms with E-state index in [2.05, 4.69) is 48.0 Å². The Balaban J connectivity index is 2.08. The summed E-state index contributed by atoms with van der Waals surface area (Å²) in [4.78, 5) is 4.99. The van der Waals surface area contributed by atoms with Gasteiger partial charge in [0.15, 0.2) is 0 Å². The van der Waals surface area contributed by atoms with Crippen molar-refractivity contribution in [2.45, 2.75) is 32.4 Å². The van der Waals surface area contributed by atoms with Gasteiger partial charge in [0.2, 0.25) is 0 Å². The van der Waals surface area contributed by atoms with E-state index in [0.717, 1.165) is 25.4 Å². The first kappa shape index (κ1) is 16.3. The fourth-order valence-electron chi connectivity index (χ4n) is 3.14. The van der Waals surface area contributed by atoms with Crippen molar-refractivity contribution in [3.05, 3.63) is 29.8 Å². The minimum Gasteiger partial charge on any atom is -0.494 e. The van der Waals surface area contributed by atoms with Gasteiger partial charge in [-0.2, -0.15) is 0 Å². The van der Waals surface area contributed by atoms with Crippen LogP contribution in [0.3, 0.4) is 0 Å². The lowest BCUT2D eigenvalue weighted by Gasteiger charge is -2.42. The number of nitrogens with zero attached hydrogens (tertiary/aromatic N) is 2. The van der Waals surface area contributed by atoms with E-state index >= 15 is 0 Å². The quantitative estimate of drug-likeness (QED) is 0.871. The summed E-state index contributed by atoms with van der Waals surface area (Å²) in [6.07, 6.45) is 1.19. The Hall–Kier alpha value is -1.10. The molecule has 4 heteroatoms. The number of ether oxygens (including phenoxy) is 1. The molecule has 1 aromatic carbocycles. The molecule has 1 saturated heterocycles. The highest BCUT2D eigenvalue weighted by molar-refractivity contribution is 5.29. The predicted molar refractivity (Wildman–Crippen MR) is 87.7 cm³/mol. The van der Waals surface area contributed by atoms with Crippen LogP contribution < -0.4 is 10.5 Å². The molecule has 2 N–H and O–H groups in total. The smallest absolute Gasteiger partial charge is 0.119 e. The van der Waals surface area contributed by atoms with E-state index in [1.807, 2.05) is 6.92 Å². The third kappa shape index (κ3) is 3.96. The summed E-state index contributed by atoms with van der Waals surface area (Å²) < 4.78 is 5.52. The number of hydrogen-bond acceptors (Lipinski definition) is 4. The van der Waals surface area contributed by atoms with E-state index < -0.39 is 0 Å². The largest absolute Gasteiger partial charge is 0.494 e. The van der Waals surface area contributed by atoms with Crippen LogP contribution in [0.25, 0.3) is 0 Å². The van der Waals surface area contributed by atoms with Crippen molar-refractivity contribution in [2.24, 2.45) is 5.73 Å². The average molecular weight is 291 g/mol. The van der Waals surface area contributed by atoms with Gasteiger partial charge in [-0.3, -0.25) is 4.90 Å². The highest BCUT2D eigenvalue weighted by Gasteiger charge is 2.28. The number of hydrogen-bond donors (Lipinski definition) is 1. The van der Waals surface area contributed by atoms with Crippen molar-refractivity contribution in [3.63, 3.8) is 0 Å². The zero-order valence-corrected chi connectivity index (χ0v) is 13.6. The molecule has 1 aromatic rings. The van der Waals surface area contributed by atoms with Crippen molar-refractivity contribution < 1.29 is 4.74 Å². The zero-order valence-electron chi connectivity index (χ0n) is 13.6. The number of piperazine rings is 1. The van der Waals surface area contributed by atoms with E-state index in [-0.39, 0.29) is 0 Å². The van der Waals surface area contributed by atoms with Gasteiger partial charge in [-0.25, -0.2) is 0 Å². The lowest BCUT2D eigenvalue weighted by Crippen LogP contribution is -2.53. The van der Waals surface area contributed by atoms with E-state index in [1.54, 1.807) is 0 Å². The van der Waals surface area contributed by atoms with Crippen LogP contribution in [-0.2, 0) is 0 Å². The molecule has 0 amide bonds. The van der Waals surface area contributed by atoms with Gasteiger partial charge in [0.1, 0.15) is 5.75 Å². The molecule has 1 aliphatic heterocycles. The summed E-state index contributed by atoms with van der Waals surface area (Å²) >= 11 is 0. The summed E-state index contributed by atoms with van der Waals surface area (Å²) in [6.45, 7) is 8.94. The molecule has 0 spiro atoms. The van der Waals surface area contributed by atoms with Crippen LogP contribution in [0.4, 0.5) is 0 Å². The Morgan fingerprint density at radius 3 is 2.52 bits per heavy atom. The molecule has 2 rings (SSSR count). The third-order valence-electron chi connectivity index (χ3n) is 4.52. The number of likely N-dealkylation sites (N-methyl/N-ethyl adjacent to an activating group) is 1. The third-order valence-corrected chi connectivity index (χ3v) is 4.52. The minimum absolute atomic E-state index is 0.309. The molecule has 0 bridgehead atoms. The summed E-state index contributed by atoms with van der Waals surface area (Å²) in [5, 5.41) is 0. The lowest BCUT2D eigenvalue weighted by molar-refractivity contribution is 0.0644. The van der Waals surface area contributed by atoms with Crippen LogP contribution in [-0.4, -0.2) is 55.7 Å². The molecule has 0 saturated carbocycles. The minimum atomic E-state index is 0.309. The molecule has 21 heavy (non-hydrogen) atoms. The summed E-state index contributed by atoms with van der Waals surface area (Å²) in [5.41, 5.74) is 7.36. The fraction of sp³-hybridized carbons (Fsp3) is 0.647. The Bertz CT molecular complexity index is 421. The predicted octanol–water partition coefficient (Wildman–Crippen LogP) is 2.11. The van der Waals surface area contributed by atoms with E-state index in [9.17, 15) is 0 Å². The molecule has 4 nitrogen and oxygen atoms in total. The molecule has 1 fully saturated rings. The van der Waals surface area contributed by atoms with Crippen LogP contribution >= 0.6 is 0 Å². The highest BCUT2D eigenvalue weighted by atomic mass is 16.5. The zero-order chi connectivity index (χ0) is 15.2. The summed E-state index contributed by atoms with van der Waals surface area (Å²) in [5.74, 6) is 0.932. The van der Waals surface area contributed by atoms with Gasteiger partial charge in [0.05, 0.1) is 6.61 Å². The molecular weight excluding hydrogens is 262 g/mol. The van der Waals surface area contributed by atoms with Gasteiger partial charge < -0.3 is 15.4 Å². The maximum atomic E-state index is 6.07. The Kier molecular flexibility index (Phi) is 6.03. The monoisotopic (exact) mass is 291 g/mol. The first-order chi connectivity index (χ1) is 10.2. The summed E-state index contributed by atoms with van der Waals surface area (Å²) in [7, 11) is 2.22. The van der Waals surface area contributed by atoms with Gasteiger partial charge in [0.25, 0.3) is 0 Å². The van der Waals surface area contributed by atoms with Crippen LogP contribution in [0.2, 0.25) is 0 Å². The number of nitrogens with two attached hydrogens (primary N) is 1. The van der Waals surface area contributed by atoms with Crippen LogP contribution in [0.5, 0.6) is 5.75 Å². The molecule has 2 unspecified atom stereocenters. The summed E-state index contributed by atoms with van der Waals surface area (Å²) in [6, 6.07) is 9.35. The van der Waals surface area contributed by atoms with Crippen molar-refractivity contribution in [1.82, 2.24) is 9.80 Å². The SMILES string of the molecule is CCOc1ccc(C(CN)N2CCN(C)C(CC)C2)cc1. The number of benzene rings is 1. The maximum absolute atomic E-state index is 6.07. The Morgan fingerprint density at radius 1 is 1.24 bits per heavy atom. The second-order valence-corrected chi connectivity index (χ2v) is 5.79. The molecule has 1 aliphatic rings. The first-order valence-corrected chi connectivity index (χ1v) is 8.06. The molecule has 1 heterocycles. The molecule has 2 atom stereocenters. The topological polar surface area (TPSA) is 41.7 Å². The van der Waals surface area contributed by atoms with E-state index in [0.29, 0.717) is 25.2 Å². The first-order valence-electron chi connectivity index (χ1n) is 8.06. The van der Waals surface area contributed by atoms with Gasteiger partial charge in [-0.1, -0.05) is 19.1 Å². The molecular formula is C17H29N3O. The second kappa shape index (κ2) is 7.78. The molecule has 0 aromatic heterocycles. The van der Waals surface area contributed by atoms with Crippen molar-refractivity contribution in [2.75, 3.05) is 39.8 Å². The van der Waals surface area contributed by atoms with Crippen LogP contribution in [0.1, 0.15) is 31.9 Å². The van der Waals surface area contributed by atoms with Gasteiger partial charge >= 0.3 is 0 Å². The number of rotatable bonds is 6. The standard InChI is InChI=1S/C17H29N3O/c1-4-15-13-20(11-10-19(15)3)17(12-18)14-6-8-16(9-7-14)21-5-2/h6-9,15,17H,4-5,10-13,18H2,1-3H3. The van der Waals surface area contributed by atoms with Crippen LogP contribution in [0.15, 0.2) is 24.3 Å². The molecule has 0 aliphatic carbocycles. The van der Waals surface area contributed by atoms with Crippen molar-refractivity contribution in [3.8, 4) is 5.75 Å². The normalized spacial score (nSPS) is 22.2. The van der Waals surface area contributed by atoms with Crippen molar-refractivity contribution in [1.29, 1.82) is 0 Å². The Labute approximate surface area is 128 Å². The van der Waals surface area contributed by atoms with Gasteiger partial charge in [0, 0.05) is 38.3 Å².